The average molecular weight is 521 g/mol. The van der Waals surface area contributed by atoms with Gasteiger partial charge in [0.2, 0.25) is 0 Å². The highest BCUT2D eigenvalue weighted by Crippen LogP contribution is 2.29. The van der Waals surface area contributed by atoms with Crippen LogP contribution in [0, 0.1) is 0 Å². The molecule has 0 unspecified atom stereocenters. The number of amides is 1. The molecule has 0 saturated heterocycles. The number of hydrogen-bond acceptors (Lipinski definition) is 4. The van der Waals surface area contributed by atoms with Gasteiger partial charge in [-0.3, -0.25) is 0 Å². The van der Waals surface area contributed by atoms with E-state index in [2.05, 4.69) is 48.7 Å². The van der Waals surface area contributed by atoms with Crippen LogP contribution in [0.25, 0.3) is 6.08 Å². The summed E-state index contributed by atoms with van der Waals surface area (Å²) in [5, 5.41) is 12.9. The Hall–Kier alpha value is -3.12. The summed E-state index contributed by atoms with van der Waals surface area (Å²) in [4.78, 5) is 26.0. The van der Waals surface area contributed by atoms with E-state index in [-0.39, 0.29) is 17.7 Å². The number of aromatic carboxylic acids is 1. The molecule has 0 aromatic heterocycles. The number of hydrogen-bond donors (Lipinski definition) is 2. The van der Waals surface area contributed by atoms with E-state index in [1.54, 1.807) is 23.1 Å². The van der Waals surface area contributed by atoms with Crippen molar-refractivity contribution in [3.05, 3.63) is 77.4 Å². The van der Waals surface area contributed by atoms with Crippen LogP contribution in [0.4, 0.5) is 4.79 Å². The van der Waals surface area contributed by atoms with Crippen LogP contribution in [0.1, 0.15) is 94.1 Å². The van der Waals surface area contributed by atoms with Crippen LogP contribution in [0.15, 0.2) is 60.7 Å². The second kappa shape index (κ2) is 14.1. The van der Waals surface area contributed by atoms with Gasteiger partial charge >= 0.3 is 12.1 Å². The number of nitrogens with zero attached hydrogens (tertiary/aromatic N) is 1. The Labute approximate surface area is 228 Å². The summed E-state index contributed by atoms with van der Waals surface area (Å²) >= 11 is 0. The lowest BCUT2D eigenvalue weighted by molar-refractivity contribution is 0.00877. The van der Waals surface area contributed by atoms with Crippen molar-refractivity contribution in [2.75, 3.05) is 0 Å². The highest BCUT2D eigenvalue weighted by atomic mass is 16.6. The summed E-state index contributed by atoms with van der Waals surface area (Å²) in [6.45, 7) is 8.10. The fraction of sp³-hybridized carbons (Fsp3) is 0.500. The molecule has 1 amide bonds. The van der Waals surface area contributed by atoms with Gasteiger partial charge in [-0.05, 0) is 89.0 Å². The quantitative estimate of drug-likeness (QED) is 0.382. The smallest absolute Gasteiger partial charge is 0.410 e. The molecule has 0 radical (unpaired) electrons. The van der Waals surface area contributed by atoms with Crippen LogP contribution < -0.4 is 5.32 Å². The minimum absolute atomic E-state index is 0.112. The third kappa shape index (κ3) is 10.3. The van der Waals surface area contributed by atoms with Gasteiger partial charge in [0.15, 0.2) is 0 Å². The summed E-state index contributed by atoms with van der Waals surface area (Å²) in [6.07, 6.45) is 11.6. The van der Waals surface area contributed by atoms with Gasteiger partial charge in [-0.2, -0.15) is 0 Å². The third-order valence-corrected chi connectivity index (χ3v) is 6.69. The van der Waals surface area contributed by atoms with Crippen LogP contribution in [-0.4, -0.2) is 45.8 Å². The molecule has 0 heterocycles. The lowest BCUT2D eigenvalue weighted by Gasteiger charge is -2.38. The summed E-state index contributed by atoms with van der Waals surface area (Å²) in [6, 6.07) is 18.5. The van der Waals surface area contributed by atoms with Crippen molar-refractivity contribution in [3.63, 3.8) is 0 Å². The fourth-order valence-corrected chi connectivity index (χ4v) is 4.62. The number of ether oxygens (including phenoxy) is 1. The van der Waals surface area contributed by atoms with Gasteiger partial charge in [0.1, 0.15) is 5.60 Å². The second-order valence-electron chi connectivity index (χ2n) is 11.3. The molecule has 2 aliphatic carbocycles. The van der Waals surface area contributed by atoms with Crippen LogP contribution in [-0.2, 0) is 11.3 Å². The summed E-state index contributed by atoms with van der Waals surface area (Å²) in [5.74, 6) is -0.961. The van der Waals surface area contributed by atoms with E-state index < -0.39 is 11.6 Å². The number of nitrogens with one attached hydrogen (secondary N) is 1. The lowest BCUT2D eigenvalue weighted by atomic mass is 9.90. The number of rotatable bonds is 8. The first-order valence-electron chi connectivity index (χ1n) is 13.9. The van der Waals surface area contributed by atoms with E-state index in [1.165, 1.54) is 18.4 Å². The highest BCUT2D eigenvalue weighted by Gasteiger charge is 2.33. The SMILES string of the molecule is CC(C)(C)OC(=O)N(Cc1cccc(C(=O)O)c1)C1CCC(NC2CC2)CC1.CC/C=C\c1ccccc1. The third-order valence-electron chi connectivity index (χ3n) is 6.69. The van der Waals surface area contributed by atoms with Crippen molar-refractivity contribution < 1.29 is 19.4 Å². The number of carbonyl (C=O) groups is 2. The molecule has 2 aromatic rings. The molecular formula is C32H44N2O4. The molecule has 2 N–H and O–H groups in total. The lowest BCUT2D eigenvalue weighted by Crippen LogP contribution is -2.46. The molecule has 6 heteroatoms. The van der Waals surface area contributed by atoms with Gasteiger partial charge in [0, 0.05) is 24.7 Å². The van der Waals surface area contributed by atoms with Crippen molar-refractivity contribution in [2.24, 2.45) is 0 Å². The fourth-order valence-electron chi connectivity index (χ4n) is 4.62. The van der Waals surface area contributed by atoms with E-state index in [4.69, 9.17) is 4.74 Å². The Balaban J connectivity index is 0.000000336. The Morgan fingerprint density at radius 1 is 0.974 bits per heavy atom. The van der Waals surface area contributed by atoms with Crippen LogP contribution >= 0.6 is 0 Å². The highest BCUT2D eigenvalue weighted by molar-refractivity contribution is 5.87. The van der Waals surface area contributed by atoms with E-state index in [0.29, 0.717) is 18.6 Å². The van der Waals surface area contributed by atoms with Crippen molar-refractivity contribution in [1.29, 1.82) is 0 Å². The monoisotopic (exact) mass is 520 g/mol. The van der Waals surface area contributed by atoms with Gasteiger partial charge in [-0.15, -0.1) is 0 Å². The predicted molar refractivity (Wildman–Crippen MR) is 153 cm³/mol. The van der Waals surface area contributed by atoms with Gasteiger partial charge in [0.25, 0.3) is 0 Å². The Morgan fingerprint density at radius 3 is 2.16 bits per heavy atom. The van der Waals surface area contributed by atoms with Crippen LogP contribution in [0.3, 0.4) is 0 Å². The first-order valence-corrected chi connectivity index (χ1v) is 13.9. The van der Waals surface area contributed by atoms with Crippen molar-refractivity contribution >= 4 is 18.1 Å². The molecule has 6 nitrogen and oxygen atoms in total. The normalized spacial score (nSPS) is 19.4. The molecule has 206 valence electrons. The van der Waals surface area contributed by atoms with Crippen molar-refractivity contribution in [1.82, 2.24) is 10.2 Å². The van der Waals surface area contributed by atoms with Crippen molar-refractivity contribution in [2.45, 2.75) is 103 Å². The molecule has 2 saturated carbocycles. The molecule has 2 fully saturated rings. The largest absolute Gasteiger partial charge is 0.478 e. The second-order valence-corrected chi connectivity index (χ2v) is 11.3. The predicted octanol–water partition coefficient (Wildman–Crippen LogP) is 7.29. The summed E-state index contributed by atoms with van der Waals surface area (Å²) in [5.41, 5.74) is 1.76. The number of allylic oxidation sites excluding steroid dienone is 1. The Bertz CT molecular complexity index is 1050. The number of benzene rings is 2. The van der Waals surface area contributed by atoms with E-state index in [1.807, 2.05) is 32.9 Å². The van der Waals surface area contributed by atoms with Crippen LogP contribution in [0.2, 0.25) is 0 Å². The summed E-state index contributed by atoms with van der Waals surface area (Å²) < 4.78 is 5.66. The van der Waals surface area contributed by atoms with Crippen LogP contribution in [0.5, 0.6) is 0 Å². The first-order chi connectivity index (χ1) is 18.1. The molecule has 0 bridgehead atoms. The zero-order valence-electron chi connectivity index (χ0n) is 23.4. The average Bonchev–Trinajstić information content (AvgIpc) is 3.71. The maximum absolute atomic E-state index is 12.9. The van der Waals surface area contributed by atoms with Crippen molar-refractivity contribution in [3.8, 4) is 0 Å². The summed E-state index contributed by atoms with van der Waals surface area (Å²) in [7, 11) is 0. The molecule has 0 spiro atoms. The topological polar surface area (TPSA) is 78.9 Å². The first kappa shape index (κ1) is 29.4. The minimum atomic E-state index is -0.961. The Morgan fingerprint density at radius 2 is 1.61 bits per heavy atom. The molecule has 4 rings (SSSR count). The zero-order valence-corrected chi connectivity index (χ0v) is 23.4. The maximum atomic E-state index is 12.9. The maximum Gasteiger partial charge on any atom is 0.410 e. The molecule has 0 aliphatic heterocycles. The number of carboxylic acid groups (broad SMARTS) is 1. The standard InChI is InChI=1S/C22H32N2O4.C10H12/c1-22(2,3)28-21(27)24(14-15-5-4-6-16(13-15)20(25)26)19-11-9-18(10-12-19)23-17-7-8-17;1-2-3-7-10-8-5-4-6-9-10/h4-6,13,17-19,23H,7-12,14H2,1-3H3,(H,25,26);3-9H,2H2,1H3/b;7-3-. The van der Waals surface area contributed by atoms with Gasteiger partial charge in [-0.1, -0.05) is 61.5 Å². The van der Waals surface area contributed by atoms with E-state index in [0.717, 1.165) is 37.7 Å². The molecule has 2 aliphatic rings. The molecule has 38 heavy (non-hydrogen) atoms. The molecule has 0 atom stereocenters. The van der Waals surface area contributed by atoms with E-state index >= 15 is 0 Å². The minimum Gasteiger partial charge on any atom is -0.478 e. The number of carbonyl (C=O) groups excluding carboxylic acids is 1. The van der Waals surface area contributed by atoms with Gasteiger partial charge < -0.3 is 20.1 Å². The number of carboxylic acids is 1. The van der Waals surface area contributed by atoms with Gasteiger partial charge in [-0.25, -0.2) is 9.59 Å². The Kier molecular flexibility index (Phi) is 11.0. The molecular weight excluding hydrogens is 476 g/mol. The van der Waals surface area contributed by atoms with Gasteiger partial charge in [0.05, 0.1) is 5.56 Å². The molecule has 2 aromatic carbocycles. The van der Waals surface area contributed by atoms with E-state index in [9.17, 15) is 14.7 Å². The zero-order chi connectivity index (χ0) is 27.5.